The average Bonchev–Trinajstić information content (AvgIpc) is 2.59. The summed E-state index contributed by atoms with van der Waals surface area (Å²) >= 11 is 0. The number of fused-ring (bicyclic) bond motifs is 1. The lowest BCUT2D eigenvalue weighted by Gasteiger charge is -2.01. The summed E-state index contributed by atoms with van der Waals surface area (Å²) in [5.74, 6) is 0. The molecule has 0 heterocycles. The monoisotopic (exact) mass is 357 g/mol. The molecule has 0 aliphatic carbocycles. The minimum atomic E-state index is -3.83. The Morgan fingerprint density at radius 3 is 1.92 bits per heavy atom. The zero-order valence-corrected chi connectivity index (χ0v) is 13.4. The molecule has 0 atom stereocenters. The van der Waals surface area contributed by atoms with Crippen molar-refractivity contribution in [1.82, 2.24) is 0 Å². The largest absolute Gasteiger partial charge is 0.287 e. The molecular weight excluding hydrogens is 346 g/mol. The summed E-state index contributed by atoms with van der Waals surface area (Å²) in [4.78, 5) is 36.4. The Morgan fingerprint density at radius 2 is 1.36 bits per heavy atom. The Bertz CT molecular complexity index is 1290. The molecule has 0 amide bonds. The summed E-state index contributed by atoms with van der Waals surface area (Å²) in [6.45, 7) is 0. The highest BCUT2D eigenvalue weighted by Crippen LogP contribution is 2.12. The second kappa shape index (κ2) is 6.04. The molecule has 3 aromatic rings. The fourth-order valence-corrected chi connectivity index (χ4v) is 2.80. The van der Waals surface area contributed by atoms with Gasteiger partial charge in [-0.2, -0.15) is 5.10 Å². The third-order valence-corrected chi connectivity index (χ3v) is 4.46. The number of hydrogen-bond donors (Lipinski definition) is 2. The molecule has 8 nitrogen and oxygen atoms in total. The molecule has 3 aromatic carbocycles. The summed E-state index contributed by atoms with van der Waals surface area (Å²) < 4.78 is 22.4. The van der Waals surface area contributed by atoms with Crippen LogP contribution in [0.2, 0.25) is 0 Å². The lowest BCUT2D eigenvalue weighted by molar-refractivity contribution is 0.598. The van der Waals surface area contributed by atoms with Gasteiger partial charge in [-0.25, -0.2) is 13.6 Å². The number of nitrogens with one attached hydrogen (secondary N) is 1. The molecule has 25 heavy (non-hydrogen) atoms. The molecule has 0 aromatic heterocycles. The minimum Gasteiger partial charge on any atom is -0.287 e. The number of sulfonamides is 1. The smallest absolute Gasteiger partial charge is 0.257 e. The van der Waals surface area contributed by atoms with Gasteiger partial charge in [0, 0.05) is 10.8 Å². The molecule has 0 spiro atoms. The maximum absolute atomic E-state index is 12.3. The van der Waals surface area contributed by atoms with Gasteiger partial charge in [-0.15, -0.1) is 0 Å². The Labute approximate surface area is 140 Å². The van der Waals surface area contributed by atoms with Crippen LogP contribution in [-0.2, 0) is 10.0 Å². The van der Waals surface area contributed by atoms with Crippen molar-refractivity contribution in [2.24, 2.45) is 10.2 Å². The zero-order chi connectivity index (χ0) is 18.2. The normalized spacial score (nSPS) is 12.4. The van der Waals surface area contributed by atoms with E-state index in [4.69, 9.17) is 5.14 Å². The maximum Gasteiger partial charge on any atom is 0.257 e. The van der Waals surface area contributed by atoms with Gasteiger partial charge in [-0.05, 0) is 24.3 Å². The lowest BCUT2D eigenvalue weighted by atomic mass is 10.1. The van der Waals surface area contributed by atoms with Crippen molar-refractivity contribution in [3.63, 3.8) is 0 Å². The van der Waals surface area contributed by atoms with E-state index in [0.29, 0.717) is 5.69 Å². The predicted octanol–water partition coefficient (Wildman–Crippen LogP) is -0.629. The first-order chi connectivity index (χ1) is 11.8. The standard InChI is InChI=1S/C16H11N3O5S/c17-25(23,24)10-7-5-9(6-8-10)18-19-13-14(20)11-3-1-2-4-12(11)15(21)16(13)22/h1-8,18H,(H2,17,23,24). The van der Waals surface area contributed by atoms with Crippen molar-refractivity contribution in [2.45, 2.75) is 4.90 Å². The number of nitrogens with zero attached hydrogens (tertiary/aromatic N) is 1. The van der Waals surface area contributed by atoms with E-state index in [2.05, 4.69) is 10.5 Å². The van der Waals surface area contributed by atoms with E-state index in [1.54, 1.807) is 12.1 Å². The van der Waals surface area contributed by atoms with Gasteiger partial charge in [0.1, 0.15) is 0 Å². The van der Waals surface area contributed by atoms with Crippen molar-refractivity contribution in [1.29, 1.82) is 0 Å². The summed E-state index contributed by atoms with van der Waals surface area (Å²) in [7, 11) is -3.83. The topological polar surface area (TPSA) is 136 Å². The van der Waals surface area contributed by atoms with Crippen molar-refractivity contribution in [3.05, 3.63) is 84.6 Å². The molecule has 126 valence electrons. The number of hydrogen-bond acceptors (Lipinski definition) is 7. The maximum atomic E-state index is 12.3. The van der Waals surface area contributed by atoms with E-state index < -0.39 is 31.7 Å². The number of rotatable bonds is 3. The van der Waals surface area contributed by atoms with Crippen LogP contribution in [0.15, 0.2) is 72.9 Å². The molecule has 0 aliphatic rings. The number of benzene rings is 3. The zero-order valence-electron chi connectivity index (χ0n) is 12.6. The molecular formula is C16H11N3O5S. The second-order valence-corrected chi connectivity index (χ2v) is 6.74. The first-order valence-corrected chi connectivity index (χ1v) is 8.53. The first kappa shape index (κ1) is 16.7. The van der Waals surface area contributed by atoms with Crippen LogP contribution in [0.1, 0.15) is 0 Å². The van der Waals surface area contributed by atoms with Crippen LogP contribution in [0, 0.1) is 0 Å². The second-order valence-electron chi connectivity index (χ2n) is 5.17. The van der Waals surface area contributed by atoms with Crippen molar-refractivity contribution >= 4 is 26.5 Å². The van der Waals surface area contributed by atoms with Crippen LogP contribution in [-0.4, -0.2) is 8.42 Å². The third kappa shape index (κ3) is 3.10. The van der Waals surface area contributed by atoms with Crippen molar-refractivity contribution in [3.8, 4) is 0 Å². The third-order valence-electron chi connectivity index (χ3n) is 3.53. The van der Waals surface area contributed by atoms with Crippen molar-refractivity contribution < 1.29 is 8.42 Å². The Morgan fingerprint density at radius 1 is 0.800 bits per heavy atom. The van der Waals surface area contributed by atoms with Gasteiger partial charge in [-0.3, -0.25) is 19.8 Å². The molecule has 3 N–H and O–H groups in total. The SMILES string of the molecule is NS(=O)(=O)c1ccc(NN=c2c(=O)c(=O)c3ccccc3c2=O)cc1. The Hall–Kier alpha value is -3.17. The number of nitrogens with two attached hydrogens (primary N) is 1. The van der Waals surface area contributed by atoms with E-state index in [1.807, 2.05) is 0 Å². The highest BCUT2D eigenvalue weighted by molar-refractivity contribution is 7.89. The van der Waals surface area contributed by atoms with Gasteiger partial charge in [0.25, 0.3) is 5.43 Å². The van der Waals surface area contributed by atoms with E-state index in [9.17, 15) is 22.8 Å². The predicted molar refractivity (Wildman–Crippen MR) is 92.1 cm³/mol. The highest BCUT2D eigenvalue weighted by atomic mass is 32.2. The molecule has 3 rings (SSSR count). The molecule has 0 saturated heterocycles. The van der Waals surface area contributed by atoms with Gasteiger partial charge >= 0.3 is 0 Å². The summed E-state index contributed by atoms with van der Waals surface area (Å²) in [5.41, 5.74) is 0.309. The summed E-state index contributed by atoms with van der Waals surface area (Å²) in [6.07, 6.45) is 0. The number of primary sulfonamides is 1. The van der Waals surface area contributed by atoms with E-state index in [-0.39, 0.29) is 15.7 Å². The van der Waals surface area contributed by atoms with E-state index in [0.717, 1.165) is 0 Å². The molecule has 0 fully saturated rings. The van der Waals surface area contributed by atoms with E-state index in [1.165, 1.54) is 36.4 Å². The summed E-state index contributed by atoms with van der Waals surface area (Å²) in [5, 5.41) is 8.34. The van der Waals surface area contributed by atoms with Crippen LogP contribution in [0.3, 0.4) is 0 Å². The van der Waals surface area contributed by atoms with Crippen LogP contribution < -0.4 is 32.2 Å². The Balaban J connectivity index is 2.10. The van der Waals surface area contributed by atoms with Crippen molar-refractivity contribution in [2.75, 3.05) is 5.43 Å². The molecule has 0 saturated carbocycles. The first-order valence-electron chi connectivity index (χ1n) is 6.98. The Kier molecular flexibility index (Phi) is 4.03. The van der Waals surface area contributed by atoms with Gasteiger partial charge in [0.05, 0.1) is 10.6 Å². The molecule has 0 aliphatic heterocycles. The summed E-state index contributed by atoms with van der Waals surface area (Å²) in [6, 6.07) is 11.2. The molecule has 0 bridgehead atoms. The van der Waals surface area contributed by atoms with Gasteiger partial charge in [-0.1, -0.05) is 24.3 Å². The van der Waals surface area contributed by atoms with Crippen LogP contribution in [0.5, 0.6) is 0 Å². The minimum absolute atomic E-state index is 0.0500. The fourth-order valence-electron chi connectivity index (χ4n) is 2.28. The lowest BCUT2D eigenvalue weighted by Crippen LogP contribution is -2.48. The highest BCUT2D eigenvalue weighted by Gasteiger charge is 2.10. The van der Waals surface area contributed by atoms with Crippen LogP contribution >= 0.6 is 0 Å². The van der Waals surface area contributed by atoms with Gasteiger partial charge < -0.3 is 0 Å². The molecule has 0 radical (unpaired) electrons. The number of anilines is 1. The van der Waals surface area contributed by atoms with Crippen LogP contribution in [0.4, 0.5) is 5.69 Å². The molecule has 0 unspecified atom stereocenters. The fraction of sp³-hybridized carbons (Fsp3) is 0. The van der Waals surface area contributed by atoms with E-state index >= 15 is 0 Å². The quantitative estimate of drug-likeness (QED) is 0.473. The van der Waals surface area contributed by atoms with Gasteiger partial charge in [0.15, 0.2) is 5.36 Å². The molecule has 9 heteroatoms. The average molecular weight is 357 g/mol. The van der Waals surface area contributed by atoms with Crippen LogP contribution in [0.25, 0.3) is 10.8 Å². The van der Waals surface area contributed by atoms with Gasteiger partial charge in [0.2, 0.25) is 20.9 Å².